The van der Waals surface area contributed by atoms with Crippen molar-refractivity contribution < 1.29 is 14.3 Å². The molecule has 1 N–H and O–H groups in total. The van der Waals surface area contributed by atoms with Crippen LogP contribution in [0.3, 0.4) is 0 Å². The van der Waals surface area contributed by atoms with Crippen LogP contribution >= 0.6 is 0 Å². The number of methoxy groups -OCH3 is 2. The lowest BCUT2D eigenvalue weighted by Crippen LogP contribution is -2.04. The van der Waals surface area contributed by atoms with Crippen LogP contribution in [0.4, 0.5) is 0 Å². The van der Waals surface area contributed by atoms with E-state index in [-0.39, 0.29) is 0 Å². The maximum absolute atomic E-state index is 11.6. The normalized spacial score (nSPS) is 10.3. The van der Waals surface area contributed by atoms with Crippen molar-refractivity contribution in [2.24, 2.45) is 0 Å². The SMILES string of the molecule is COC(=O)c1c(OC)ccc2cc[nH]c12. The molecule has 0 saturated carbocycles. The standard InChI is InChI=1S/C11H11NO3/c1-14-8-4-3-7-5-6-12-10(7)9(8)11(13)15-2/h3-6,12H,1-2H3. The summed E-state index contributed by atoms with van der Waals surface area (Å²) >= 11 is 0. The van der Waals surface area contributed by atoms with Crippen LogP contribution < -0.4 is 4.74 Å². The van der Waals surface area contributed by atoms with Crippen LogP contribution in [-0.2, 0) is 4.74 Å². The van der Waals surface area contributed by atoms with Crippen LogP contribution in [0.2, 0.25) is 0 Å². The van der Waals surface area contributed by atoms with E-state index < -0.39 is 5.97 Å². The Labute approximate surface area is 86.8 Å². The highest BCUT2D eigenvalue weighted by molar-refractivity contribution is 6.05. The molecule has 1 aromatic carbocycles. The van der Waals surface area contributed by atoms with Gasteiger partial charge in [0.1, 0.15) is 11.3 Å². The summed E-state index contributed by atoms with van der Waals surface area (Å²) < 4.78 is 9.84. The fourth-order valence-corrected chi connectivity index (χ4v) is 1.58. The Kier molecular flexibility index (Phi) is 2.33. The Hall–Kier alpha value is -1.97. The van der Waals surface area contributed by atoms with Gasteiger partial charge >= 0.3 is 5.97 Å². The predicted molar refractivity (Wildman–Crippen MR) is 56.2 cm³/mol. The number of aromatic nitrogens is 1. The summed E-state index contributed by atoms with van der Waals surface area (Å²) in [6, 6.07) is 5.53. The number of fused-ring (bicyclic) bond motifs is 1. The maximum atomic E-state index is 11.6. The molecular weight excluding hydrogens is 194 g/mol. The van der Waals surface area contributed by atoms with E-state index in [4.69, 9.17) is 9.47 Å². The smallest absolute Gasteiger partial charge is 0.343 e. The molecule has 0 amide bonds. The van der Waals surface area contributed by atoms with Crippen LogP contribution in [0.25, 0.3) is 10.9 Å². The Balaban J connectivity index is 2.74. The van der Waals surface area contributed by atoms with Crippen molar-refractivity contribution in [3.8, 4) is 5.75 Å². The molecule has 0 radical (unpaired) electrons. The van der Waals surface area contributed by atoms with E-state index in [1.807, 2.05) is 12.1 Å². The van der Waals surface area contributed by atoms with Gasteiger partial charge in [-0.2, -0.15) is 0 Å². The number of hydrogen-bond acceptors (Lipinski definition) is 3. The quantitative estimate of drug-likeness (QED) is 0.762. The molecule has 0 bridgehead atoms. The molecule has 1 aromatic heterocycles. The lowest BCUT2D eigenvalue weighted by atomic mass is 10.1. The van der Waals surface area contributed by atoms with Gasteiger partial charge in [0.25, 0.3) is 0 Å². The summed E-state index contributed by atoms with van der Waals surface area (Å²) in [4.78, 5) is 14.6. The zero-order chi connectivity index (χ0) is 10.8. The molecule has 15 heavy (non-hydrogen) atoms. The monoisotopic (exact) mass is 205 g/mol. The Morgan fingerprint density at radius 1 is 1.27 bits per heavy atom. The van der Waals surface area contributed by atoms with E-state index in [0.29, 0.717) is 11.3 Å². The van der Waals surface area contributed by atoms with Gasteiger partial charge in [-0.05, 0) is 18.2 Å². The highest BCUT2D eigenvalue weighted by atomic mass is 16.5. The third-order valence-electron chi connectivity index (χ3n) is 2.30. The summed E-state index contributed by atoms with van der Waals surface area (Å²) in [7, 11) is 2.88. The molecule has 0 aliphatic heterocycles. The summed E-state index contributed by atoms with van der Waals surface area (Å²) in [5.41, 5.74) is 1.17. The maximum Gasteiger partial charge on any atom is 0.343 e. The molecule has 0 aliphatic rings. The van der Waals surface area contributed by atoms with Crippen LogP contribution in [0.1, 0.15) is 10.4 Å². The minimum atomic E-state index is -0.403. The molecule has 2 aromatic rings. The van der Waals surface area contributed by atoms with Gasteiger partial charge in [0.15, 0.2) is 0 Å². The molecule has 0 spiro atoms. The zero-order valence-corrected chi connectivity index (χ0v) is 8.53. The van der Waals surface area contributed by atoms with Gasteiger partial charge in [-0.25, -0.2) is 4.79 Å². The fourth-order valence-electron chi connectivity index (χ4n) is 1.58. The first-order valence-electron chi connectivity index (χ1n) is 4.50. The van der Waals surface area contributed by atoms with Crippen molar-refractivity contribution in [2.75, 3.05) is 14.2 Å². The number of aromatic amines is 1. The second kappa shape index (κ2) is 3.65. The van der Waals surface area contributed by atoms with E-state index in [2.05, 4.69) is 4.98 Å². The Bertz CT molecular complexity index is 502. The number of ether oxygens (including phenoxy) is 2. The molecule has 4 nitrogen and oxygen atoms in total. The minimum absolute atomic E-state index is 0.403. The van der Waals surface area contributed by atoms with Crippen LogP contribution in [0, 0.1) is 0 Å². The second-order valence-electron chi connectivity index (χ2n) is 3.08. The molecular formula is C11H11NO3. The van der Waals surface area contributed by atoms with Crippen LogP contribution in [0.5, 0.6) is 5.75 Å². The van der Waals surface area contributed by atoms with E-state index in [9.17, 15) is 4.79 Å². The molecule has 0 saturated heterocycles. The number of benzene rings is 1. The van der Waals surface area contributed by atoms with Crippen molar-refractivity contribution in [2.45, 2.75) is 0 Å². The van der Waals surface area contributed by atoms with Crippen LogP contribution in [-0.4, -0.2) is 25.2 Å². The van der Waals surface area contributed by atoms with Crippen LogP contribution in [0.15, 0.2) is 24.4 Å². The van der Waals surface area contributed by atoms with E-state index in [1.165, 1.54) is 14.2 Å². The number of carbonyl (C=O) groups excluding carboxylic acids is 1. The average Bonchev–Trinajstić information content (AvgIpc) is 2.74. The lowest BCUT2D eigenvalue weighted by molar-refractivity contribution is 0.0599. The Morgan fingerprint density at radius 3 is 2.73 bits per heavy atom. The van der Waals surface area contributed by atoms with E-state index >= 15 is 0 Å². The topological polar surface area (TPSA) is 51.3 Å². The molecule has 2 rings (SSSR count). The number of hydrogen-bond donors (Lipinski definition) is 1. The molecule has 0 atom stereocenters. The molecule has 78 valence electrons. The average molecular weight is 205 g/mol. The van der Waals surface area contributed by atoms with Gasteiger partial charge in [-0.3, -0.25) is 0 Å². The largest absolute Gasteiger partial charge is 0.496 e. The molecule has 0 aliphatic carbocycles. The minimum Gasteiger partial charge on any atom is -0.496 e. The number of nitrogens with one attached hydrogen (secondary N) is 1. The number of rotatable bonds is 2. The molecule has 4 heteroatoms. The van der Waals surface area contributed by atoms with E-state index in [0.717, 1.165) is 10.9 Å². The van der Waals surface area contributed by atoms with Crippen molar-refractivity contribution in [3.63, 3.8) is 0 Å². The number of carbonyl (C=O) groups is 1. The van der Waals surface area contributed by atoms with Gasteiger partial charge in [0.2, 0.25) is 0 Å². The van der Waals surface area contributed by atoms with E-state index in [1.54, 1.807) is 12.3 Å². The van der Waals surface area contributed by atoms with Crippen molar-refractivity contribution >= 4 is 16.9 Å². The summed E-state index contributed by atoms with van der Waals surface area (Å²) in [6.07, 6.45) is 1.77. The van der Waals surface area contributed by atoms with Crippen molar-refractivity contribution in [1.29, 1.82) is 0 Å². The van der Waals surface area contributed by atoms with Crippen molar-refractivity contribution in [3.05, 3.63) is 30.0 Å². The first-order chi connectivity index (χ1) is 7.27. The molecule has 0 fully saturated rings. The number of esters is 1. The van der Waals surface area contributed by atoms with Gasteiger partial charge in [0.05, 0.1) is 19.7 Å². The van der Waals surface area contributed by atoms with Gasteiger partial charge < -0.3 is 14.5 Å². The summed E-state index contributed by atoms with van der Waals surface area (Å²) in [5.74, 6) is 0.108. The zero-order valence-electron chi connectivity index (χ0n) is 8.53. The van der Waals surface area contributed by atoms with Gasteiger partial charge in [-0.1, -0.05) is 0 Å². The van der Waals surface area contributed by atoms with Crippen molar-refractivity contribution in [1.82, 2.24) is 4.98 Å². The fraction of sp³-hybridized carbons (Fsp3) is 0.182. The molecule has 0 unspecified atom stereocenters. The first-order valence-corrected chi connectivity index (χ1v) is 4.50. The Morgan fingerprint density at radius 2 is 2.07 bits per heavy atom. The summed E-state index contributed by atoms with van der Waals surface area (Å²) in [5, 5.41) is 0.955. The highest BCUT2D eigenvalue weighted by Gasteiger charge is 2.17. The van der Waals surface area contributed by atoms with Gasteiger partial charge in [0, 0.05) is 11.6 Å². The first kappa shape index (κ1) is 9.58. The van der Waals surface area contributed by atoms with Gasteiger partial charge in [-0.15, -0.1) is 0 Å². The predicted octanol–water partition coefficient (Wildman–Crippen LogP) is 1.96. The molecule has 1 heterocycles. The number of H-pyrrole nitrogens is 1. The highest BCUT2D eigenvalue weighted by Crippen LogP contribution is 2.27. The third-order valence-corrected chi connectivity index (χ3v) is 2.30. The summed E-state index contributed by atoms with van der Waals surface area (Å²) in [6.45, 7) is 0. The second-order valence-corrected chi connectivity index (χ2v) is 3.08. The lowest BCUT2D eigenvalue weighted by Gasteiger charge is -2.07. The third kappa shape index (κ3) is 1.44.